The summed E-state index contributed by atoms with van der Waals surface area (Å²) >= 11 is 0. The highest BCUT2D eigenvalue weighted by molar-refractivity contribution is 5.67. The molecule has 160 valence electrons. The second kappa shape index (κ2) is 7.78. The first-order valence-corrected chi connectivity index (χ1v) is 8.60. The van der Waals surface area contributed by atoms with Crippen LogP contribution in [0.25, 0.3) is 17.0 Å². The first-order valence-electron chi connectivity index (χ1n) is 8.60. The van der Waals surface area contributed by atoms with Gasteiger partial charge in [-0.3, -0.25) is 9.38 Å². The molecular formula is C19H11F6N5O. The van der Waals surface area contributed by atoms with E-state index < -0.39 is 30.0 Å². The molecule has 0 unspecified atom stereocenters. The van der Waals surface area contributed by atoms with Gasteiger partial charge in [-0.1, -0.05) is 0 Å². The molecule has 0 bridgehead atoms. The van der Waals surface area contributed by atoms with Crippen LogP contribution in [0.1, 0.15) is 5.69 Å². The number of hydrogen-bond acceptors (Lipinski definition) is 5. The molecule has 0 aliphatic rings. The number of hydrogen-bond donors (Lipinski definition) is 1. The molecule has 0 aliphatic carbocycles. The van der Waals surface area contributed by atoms with E-state index in [0.717, 1.165) is 28.9 Å². The second-order valence-electron chi connectivity index (χ2n) is 6.20. The SMILES string of the molecule is Fc1ccc2nc(C(F)(F)F)c(-c3cncc(Nc4ccc(OC(F)F)cc4)n3)n2c1. The molecule has 3 aromatic heterocycles. The number of pyridine rings is 1. The number of aromatic nitrogens is 4. The summed E-state index contributed by atoms with van der Waals surface area (Å²) in [5.74, 6) is -0.754. The topological polar surface area (TPSA) is 64.3 Å². The van der Waals surface area contributed by atoms with Gasteiger partial charge in [0, 0.05) is 11.9 Å². The number of benzene rings is 1. The molecule has 0 radical (unpaired) electrons. The lowest BCUT2D eigenvalue weighted by Crippen LogP contribution is -2.09. The summed E-state index contributed by atoms with van der Waals surface area (Å²) in [4.78, 5) is 11.6. The fourth-order valence-corrected chi connectivity index (χ4v) is 2.87. The molecule has 0 fully saturated rings. The third kappa shape index (κ3) is 4.37. The van der Waals surface area contributed by atoms with Gasteiger partial charge in [0.25, 0.3) is 0 Å². The van der Waals surface area contributed by atoms with Crippen molar-refractivity contribution in [3.05, 3.63) is 66.5 Å². The Bertz CT molecular complexity index is 1220. The maximum Gasteiger partial charge on any atom is 0.435 e. The van der Waals surface area contributed by atoms with Crippen molar-refractivity contribution in [2.45, 2.75) is 12.8 Å². The molecule has 1 aromatic carbocycles. The molecule has 0 amide bonds. The summed E-state index contributed by atoms with van der Waals surface area (Å²) in [5.41, 5.74) is -1.63. The zero-order valence-corrected chi connectivity index (χ0v) is 15.2. The maximum absolute atomic E-state index is 13.7. The third-order valence-corrected chi connectivity index (χ3v) is 4.08. The molecule has 31 heavy (non-hydrogen) atoms. The number of fused-ring (bicyclic) bond motifs is 1. The summed E-state index contributed by atoms with van der Waals surface area (Å²) in [6, 6.07) is 7.50. The van der Waals surface area contributed by atoms with E-state index in [4.69, 9.17) is 0 Å². The molecule has 0 saturated heterocycles. The highest BCUT2D eigenvalue weighted by atomic mass is 19.4. The average molecular weight is 439 g/mol. The van der Waals surface area contributed by atoms with E-state index in [0.29, 0.717) is 5.69 Å². The number of halogens is 6. The molecule has 0 saturated carbocycles. The normalized spacial score (nSPS) is 11.8. The summed E-state index contributed by atoms with van der Waals surface area (Å²) < 4.78 is 84.0. The third-order valence-electron chi connectivity index (χ3n) is 4.08. The first-order chi connectivity index (χ1) is 14.7. The largest absolute Gasteiger partial charge is 0.435 e. The van der Waals surface area contributed by atoms with Crippen molar-refractivity contribution < 1.29 is 31.1 Å². The number of nitrogens with one attached hydrogen (secondary N) is 1. The molecule has 0 atom stereocenters. The van der Waals surface area contributed by atoms with Crippen molar-refractivity contribution >= 4 is 17.2 Å². The van der Waals surface area contributed by atoms with Crippen LogP contribution in [0, 0.1) is 5.82 Å². The van der Waals surface area contributed by atoms with Crippen molar-refractivity contribution in [3.63, 3.8) is 0 Å². The summed E-state index contributed by atoms with van der Waals surface area (Å²) in [6.07, 6.45) is -1.60. The molecule has 4 aromatic rings. The van der Waals surface area contributed by atoms with Gasteiger partial charge in [-0.2, -0.15) is 22.0 Å². The molecule has 4 rings (SSSR count). The first kappa shape index (κ1) is 20.4. The fraction of sp³-hybridized carbons (Fsp3) is 0.105. The fourth-order valence-electron chi connectivity index (χ4n) is 2.87. The molecule has 0 spiro atoms. The van der Waals surface area contributed by atoms with E-state index in [2.05, 4.69) is 25.0 Å². The predicted molar refractivity (Wildman–Crippen MR) is 97.5 cm³/mol. The molecule has 6 nitrogen and oxygen atoms in total. The van der Waals surface area contributed by atoms with E-state index >= 15 is 0 Å². The van der Waals surface area contributed by atoms with Gasteiger partial charge in [0.15, 0.2) is 5.69 Å². The van der Waals surface area contributed by atoms with Gasteiger partial charge in [-0.15, -0.1) is 0 Å². The van der Waals surface area contributed by atoms with Gasteiger partial charge < -0.3 is 10.1 Å². The molecule has 3 heterocycles. The number of anilines is 2. The number of ether oxygens (including phenoxy) is 1. The van der Waals surface area contributed by atoms with Gasteiger partial charge in [0.2, 0.25) is 0 Å². The Labute approximate surface area is 170 Å². The molecular weight excluding hydrogens is 428 g/mol. The van der Waals surface area contributed by atoms with Crippen LogP contribution in [0.3, 0.4) is 0 Å². The van der Waals surface area contributed by atoms with E-state index in [1.54, 1.807) is 0 Å². The number of imidazole rings is 1. The second-order valence-corrected chi connectivity index (χ2v) is 6.20. The minimum atomic E-state index is -4.82. The van der Waals surface area contributed by atoms with Gasteiger partial charge in [0.05, 0.1) is 12.4 Å². The van der Waals surface area contributed by atoms with Crippen LogP contribution in [0.4, 0.5) is 37.8 Å². The highest BCUT2D eigenvalue weighted by Crippen LogP contribution is 2.37. The lowest BCUT2D eigenvalue weighted by molar-refractivity contribution is -0.140. The van der Waals surface area contributed by atoms with Crippen LogP contribution in [-0.4, -0.2) is 26.0 Å². The van der Waals surface area contributed by atoms with Crippen LogP contribution in [0.15, 0.2) is 55.0 Å². The lowest BCUT2D eigenvalue weighted by atomic mass is 10.2. The van der Waals surface area contributed by atoms with Crippen molar-refractivity contribution in [1.82, 2.24) is 19.4 Å². The molecule has 0 aliphatic heterocycles. The maximum atomic E-state index is 13.7. The molecule has 1 N–H and O–H groups in total. The summed E-state index contributed by atoms with van der Waals surface area (Å²) in [6.45, 7) is -2.97. The van der Waals surface area contributed by atoms with Crippen LogP contribution in [0.2, 0.25) is 0 Å². The van der Waals surface area contributed by atoms with Gasteiger partial charge in [-0.25, -0.2) is 14.4 Å². The van der Waals surface area contributed by atoms with Gasteiger partial charge in [-0.05, 0) is 36.4 Å². The smallest absolute Gasteiger partial charge is 0.435 e. The van der Waals surface area contributed by atoms with Crippen molar-refractivity contribution in [2.24, 2.45) is 0 Å². The van der Waals surface area contributed by atoms with Crippen LogP contribution in [0.5, 0.6) is 5.75 Å². The average Bonchev–Trinajstić information content (AvgIpc) is 3.08. The number of rotatable bonds is 5. The summed E-state index contributed by atoms with van der Waals surface area (Å²) in [5, 5.41) is 2.80. The van der Waals surface area contributed by atoms with Crippen molar-refractivity contribution in [2.75, 3.05) is 5.32 Å². The van der Waals surface area contributed by atoms with Crippen LogP contribution in [-0.2, 0) is 6.18 Å². The quantitative estimate of drug-likeness (QED) is 0.428. The van der Waals surface area contributed by atoms with Gasteiger partial charge >= 0.3 is 12.8 Å². The lowest BCUT2D eigenvalue weighted by Gasteiger charge is -2.10. The van der Waals surface area contributed by atoms with Gasteiger partial charge in [0.1, 0.15) is 34.4 Å². The predicted octanol–water partition coefficient (Wildman–Crippen LogP) is 5.29. The Morgan fingerprint density at radius 3 is 2.39 bits per heavy atom. The van der Waals surface area contributed by atoms with E-state index in [1.165, 1.54) is 30.5 Å². The Morgan fingerprint density at radius 1 is 0.968 bits per heavy atom. The number of nitrogens with zero attached hydrogens (tertiary/aromatic N) is 4. The zero-order valence-electron chi connectivity index (χ0n) is 15.2. The molecule has 12 heteroatoms. The Morgan fingerprint density at radius 2 is 1.71 bits per heavy atom. The van der Waals surface area contributed by atoms with Crippen LogP contribution >= 0.6 is 0 Å². The standard InChI is InChI=1S/C19H11F6N5O/c20-10-1-6-15-29-17(19(23,24)25)16(30(15)9-10)13-7-26-8-14(28-13)27-11-2-4-12(5-3-11)31-18(21)22/h1-9,18H,(H,27,28). The Kier molecular flexibility index (Phi) is 5.13. The zero-order chi connectivity index (χ0) is 22.2. The minimum absolute atomic E-state index is 0.0667. The number of alkyl halides is 5. The van der Waals surface area contributed by atoms with Crippen molar-refractivity contribution in [3.8, 4) is 17.1 Å². The van der Waals surface area contributed by atoms with Crippen LogP contribution < -0.4 is 10.1 Å². The van der Waals surface area contributed by atoms with E-state index in [1.807, 2.05) is 0 Å². The van der Waals surface area contributed by atoms with E-state index in [9.17, 15) is 26.3 Å². The van der Waals surface area contributed by atoms with Crippen molar-refractivity contribution in [1.29, 1.82) is 0 Å². The Hall–Kier alpha value is -3.83. The highest BCUT2D eigenvalue weighted by Gasteiger charge is 2.39. The summed E-state index contributed by atoms with van der Waals surface area (Å²) in [7, 11) is 0. The minimum Gasteiger partial charge on any atom is -0.435 e. The van der Waals surface area contributed by atoms with E-state index in [-0.39, 0.29) is 22.9 Å². The Balaban J connectivity index is 1.72. The monoisotopic (exact) mass is 439 g/mol.